The van der Waals surface area contributed by atoms with E-state index in [1.165, 1.54) is 0 Å². The lowest BCUT2D eigenvalue weighted by molar-refractivity contribution is 0.589. The molecule has 5 nitrogen and oxygen atoms in total. The molecule has 0 saturated carbocycles. The average molecular weight is 241 g/mol. The molecule has 2 heterocycles. The lowest BCUT2D eigenvalue weighted by Crippen LogP contribution is -2.21. The van der Waals surface area contributed by atoms with Crippen molar-refractivity contribution >= 4 is 9.84 Å². The molecule has 16 heavy (non-hydrogen) atoms. The highest BCUT2D eigenvalue weighted by Crippen LogP contribution is 2.18. The number of aryl methyl sites for hydroxylation is 2. The van der Waals surface area contributed by atoms with Crippen LogP contribution < -0.4 is 5.73 Å². The average Bonchev–Trinajstić information content (AvgIpc) is 2.24. The van der Waals surface area contributed by atoms with Gasteiger partial charge in [0.25, 0.3) is 0 Å². The predicted octanol–water partition coefficient (Wildman–Crippen LogP) is -0.161. The van der Waals surface area contributed by atoms with E-state index in [0.29, 0.717) is 30.9 Å². The minimum absolute atomic E-state index is 0.0560. The summed E-state index contributed by atoms with van der Waals surface area (Å²) < 4.78 is 22.9. The normalized spacial score (nSPS) is 18.1. The Morgan fingerprint density at radius 1 is 1.44 bits per heavy atom. The molecule has 0 bridgehead atoms. The predicted molar refractivity (Wildman–Crippen MR) is 60.6 cm³/mol. The van der Waals surface area contributed by atoms with Gasteiger partial charge in [-0.2, -0.15) is 0 Å². The van der Waals surface area contributed by atoms with Crippen LogP contribution in [0.3, 0.4) is 0 Å². The van der Waals surface area contributed by atoms with Gasteiger partial charge < -0.3 is 5.73 Å². The van der Waals surface area contributed by atoms with Gasteiger partial charge in [0.15, 0.2) is 9.84 Å². The maximum absolute atomic E-state index is 11.5. The SMILES string of the molecule is NCCCc1ncc2c(n1)CS(=O)(=O)CC2. The third-order valence-corrected chi connectivity index (χ3v) is 4.19. The first-order valence-electron chi connectivity index (χ1n) is 5.35. The molecule has 0 aliphatic carbocycles. The zero-order chi connectivity index (χ0) is 11.6. The smallest absolute Gasteiger partial charge is 0.156 e. The van der Waals surface area contributed by atoms with Crippen molar-refractivity contribution in [3.63, 3.8) is 0 Å². The van der Waals surface area contributed by atoms with Crippen LogP contribution in [0.5, 0.6) is 0 Å². The summed E-state index contributed by atoms with van der Waals surface area (Å²) in [7, 11) is -2.95. The summed E-state index contributed by atoms with van der Waals surface area (Å²) >= 11 is 0. The van der Waals surface area contributed by atoms with Gasteiger partial charge in [0.05, 0.1) is 17.2 Å². The van der Waals surface area contributed by atoms with Crippen molar-refractivity contribution in [3.8, 4) is 0 Å². The Labute approximate surface area is 95.0 Å². The molecule has 1 aromatic heterocycles. The summed E-state index contributed by atoms with van der Waals surface area (Å²) in [6, 6.07) is 0. The van der Waals surface area contributed by atoms with Crippen LogP contribution in [0, 0.1) is 0 Å². The Hall–Kier alpha value is -1.01. The molecular formula is C10H15N3O2S. The maximum atomic E-state index is 11.5. The molecule has 6 heteroatoms. The van der Waals surface area contributed by atoms with Crippen molar-refractivity contribution in [1.29, 1.82) is 0 Å². The van der Waals surface area contributed by atoms with Crippen molar-refractivity contribution in [1.82, 2.24) is 9.97 Å². The Morgan fingerprint density at radius 2 is 2.25 bits per heavy atom. The Balaban J connectivity index is 2.24. The second-order valence-electron chi connectivity index (χ2n) is 3.99. The summed E-state index contributed by atoms with van der Waals surface area (Å²) in [6.07, 6.45) is 3.83. The van der Waals surface area contributed by atoms with Crippen molar-refractivity contribution in [2.24, 2.45) is 5.73 Å². The number of aromatic nitrogens is 2. The molecule has 1 aliphatic heterocycles. The monoisotopic (exact) mass is 241 g/mol. The van der Waals surface area contributed by atoms with Crippen LogP contribution in [0.1, 0.15) is 23.5 Å². The lowest BCUT2D eigenvalue weighted by Gasteiger charge is -2.15. The summed E-state index contributed by atoms with van der Waals surface area (Å²) in [5.74, 6) is 0.965. The number of nitrogens with two attached hydrogens (primary N) is 1. The fraction of sp³-hybridized carbons (Fsp3) is 0.600. The van der Waals surface area contributed by atoms with E-state index in [2.05, 4.69) is 9.97 Å². The third-order valence-electron chi connectivity index (χ3n) is 2.65. The van der Waals surface area contributed by atoms with E-state index < -0.39 is 9.84 Å². The van der Waals surface area contributed by atoms with E-state index in [-0.39, 0.29) is 11.5 Å². The molecule has 2 N–H and O–H groups in total. The van der Waals surface area contributed by atoms with E-state index in [9.17, 15) is 8.42 Å². The second kappa shape index (κ2) is 4.47. The van der Waals surface area contributed by atoms with Gasteiger partial charge >= 0.3 is 0 Å². The van der Waals surface area contributed by atoms with Gasteiger partial charge in [-0.05, 0) is 24.9 Å². The van der Waals surface area contributed by atoms with Crippen LogP contribution in [0.15, 0.2) is 6.20 Å². The summed E-state index contributed by atoms with van der Waals surface area (Å²) in [6.45, 7) is 0.596. The Kier molecular flexibility index (Phi) is 3.20. The summed E-state index contributed by atoms with van der Waals surface area (Å²) in [5.41, 5.74) is 7.04. The fourth-order valence-electron chi connectivity index (χ4n) is 1.74. The quantitative estimate of drug-likeness (QED) is 0.794. The van der Waals surface area contributed by atoms with E-state index in [4.69, 9.17) is 5.73 Å². The highest BCUT2D eigenvalue weighted by molar-refractivity contribution is 7.90. The van der Waals surface area contributed by atoms with Gasteiger partial charge in [0.1, 0.15) is 5.82 Å². The topological polar surface area (TPSA) is 85.9 Å². The summed E-state index contributed by atoms with van der Waals surface area (Å²) in [4.78, 5) is 8.52. The first-order valence-corrected chi connectivity index (χ1v) is 7.17. The molecule has 2 rings (SSSR count). The molecule has 1 aliphatic rings. The molecule has 0 aromatic carbocycles. The number of hydrogen-bond donors (Lipinski definition) is 1. The van der Waals surface area contributed by atoms with Crippen molar-refractivity contribution < 1.29 is 8.42 Å². The van der Waals surface area contributed by atoms with Crippen LogP contribution >= 0.6 is 0 Å². The molecule has 0 amide bonds. The molecule has 0 spiro atoms. The van der Waals surface area contributed by atoms with E-state index in [1.807, 2.05) is 0 Å². The molecular weight excluding hydrogens is 226 g/mol. The number of rotatable bonds is 3. The van der Waals surface area contributed by atoms with Crippen LogP contribution in [-0.2, 0) is 28.4 Å². The first kappa shape index (κ1) is 11.5. The van der Waals surface area contributed by atoms with Gasteiger partial charge in [-0.15, -0.1) is 0 Å². The van der Waals surface area contributed by atoms with Crippen molar-refractivity contribution in [2.45, 2.75) is 25.0 Å². The molecule has 0 fully saturated rings. The number of sulfone groups is 1. The van der Waals surface area contributed by atoms with E-state index in [0.717, 1.165) is 12.0 Å². The fourth-order valence-corrected chi connectivity index (χ4v) is 3.09. The van der Waals surface area contributed by atoms with Crippen molar-refractivity contribution in [3.05, 3.63) is 23.3 Å². The highest BCUT2D eigenvalue weighted by atomic mass is 32.2. The standard InChI is InChI=1S/C10H15N3O2S/c11-4-1-2-10-12-6-8-3-5-16(14,15)7-9(8)13-10/h6H,1-5,7,11H2. The van der Waals surface area contributed by atoms with Crippen LogP contribution in [-0.4, -0.2) is 30.7 Å². The molecule has 1 aromatic rings. The van der Waals surface area contributed by atoms with Crippen LogP contribution in [0.4, 0.5) is 0 Å². The zero-order valence-corrected chi connectivity index (χ0v) is 9.83. The van der Waals surface area contributed by atoms with Gasteiger partial charge in [0.2, 0.25) is 0 Å². The van der Waals surface area contributed by atoms with E-state index >= 15 is 0 Å². The zero-order valence-electron chi connectivity index (χ0n) is 9.02. The highest BCUT2D eigenvalue weighted by Gasteiger charge is 2.22. The molecule has 0 unspecified atom stereocenters. The minimum Gasteiger partial charge on any atom is -0.330 e. The van der Waals surface area contributed by atoms with Gasteiger partial charge in [0, 0.05) is 12.6 Å². The second-order valence-corrected chi connectivity index (χ2v) is 6.18. The number of fused-ring (bicyclic) bond motifs is 1. The largest absolute Gasteiger partial charge is 0.330 e. The lowest BCUT2D eigenvalue weighted by atomic mass is 10.2. The molecule has 0 radical (unpaired) electrons. The third kappa shape index (κ3) is 2.56. The minimum atomic E-state index is -2.95. The van der Waals surface area contributed by atoms with Crippen LogP contribution in [0.2, 0.25) is 0 Å². The van der Waals surface area contributed by atoms with Gasteiger partial charge in [-0.1, -0.05) is 0 Å². The Morgan fingerprint density at radius 3 is 3.00 bits per heavy atom. The molecule has 88 valence electrons. The Bertz CT molecular complexity index is 485. The summed E-state index contributed by atoms with van der Waals surface area (Å²) in [5, 5.41) is 0. The molecule has 0 atom stereocenters. The first-order chi connectivity index (χ1) is 7.61. The maximum Gasteiger partial charge on any atom is 0.156 e. The van der Waals surface area contributed by atoms with Gasteiger partial charge in [-0.3, -0.25) is 0 Å². The number of nitrogens with zero attached hydrogens (tertiary/aromatic N) is 2. The number of hydrogen-bond acceptors (Lipinski definition) is 5. The van der Waals surface area contributed by atoms with Crippen molar-refractivity contribution in [2.75, 3.05) is 12.3 Å². The van der Waals surface area contributed by atoms with Gasteiger partial charge in [-0.25, -0.2) is 18.4 Å². The molecule has 0 saturated heterocycles. The van der Waals surface area contributed by atoms with Crippen LogP contribution in [0.25, 0.3) is 0 Å². The van der Waals surface area contributed by atoms with E-state index in [1.54, 1.807) is 6.20 Å².